The highest BCUT2D eigenvalue weighted by Gasteiger charge is 2.46. The van der Waals surface area contributed by atoms with E-state index in [1.165, 1.54) is 19.2 Å². The minimum absolute atomic E-state index is 0.0725. The number of phenols is 1. The maximum Gasteiger partial charge on any atom is 0.423 e. The molecule has 0 aromatic heterocycles. The third-order valence-corrected chi connectivity index (χ3v) is 10.2. The number of alkyl halides is 4. The van der Waals surface area contributed by atoms with E-state index >= 15 is 0 Å². The number of methoxy groups -OCH3 is 1. The van der Waals surface area contributed by atoms with Gasteiger partial charge in [-0.3, -0.25) is 19.4 Å². The molecule has 5 N–H and O–H groups in total. The molecule has 13 nitrogen and oxygen atoms in total. The van der Waals surface area contributed by atoms with Gasteiger partial charge in [-0.25, -0.2) is 5.06 Å². The van der Waals surface area contributed by atoms with Crippen molar-refractivity contribution in [1.29, 1.82) is 0 Å². The summed E-state index contributed by atoms with van der Waals surface area (Å²) in [5.41, 5.74) is 9.89. The van der Waals surface area contributed by atoms with Gasteiger partial charge in [-0.15, -0.1) is 11.6 Å². The van der Waals surface area contributed by atoms with Crippen LogP contribution in [-0.4, -0.2) is 85.1 Å². The number of fused-ring (bicyclic) bond motifs is 5. The molecule has 0 radical (unpaired) electrons. The molecule has 0 spiro atoms. The Labute approximate surface area is 323 Å². The fourth-order valence-electron chi connectivity index (χ4n) is 7.09. The van der Waals surface area contributed by atoms with Gasteiger partial charge in [0.1, 0.15) is 12.5 Å². The van der Waals surface area contributed by atoms with Gasteiger partial charge < -0.3 is 40.7 Å². The average molecular weight is 793 g/mol. The number of nitrogens with zero attached hydrogens (tertiary/aromatic N) is 3. The number of ether oxygens (including phenoxy) is 2. The van der Waals surface area contributed by atoms with Crippen LogP contribution >= 0.6 is 11.6 Å². The highest BCUT2D eigenvalue weighted by molar-refractivity contribution is 6.19. The van der Waals surface area contributed by atoms with Crippen molar-refractivity contribution in [3.63, 3.8) is 0 Å². The Balaban J connectivity index is 1.08. The van der Waals surface area contributed by atoms with Crippen LogP contribution in [0.15, 0.2) is 71.9 Å². The molecule has 3 aliphatic heterocycles. The predicted octanol–water partition coefficient (Wildman–Crippen LogP) is 5.89. The zero-order chi connectivity index (χ0) is 39.9. The molecule has 0 fully saturated rings. The number of nitrogens with two attached hydrogens (primary N) is 1. The van der Waals surface area contributed by atoms with Crippen molar-refractivity contribution in [3.05, 3.63) is 89.1 Å². The number of aryl methyl sites for hydroxylation is 1. The van der Waals surface area contributed by atoms with Crippen molar-refractivity contribution in [2.24, 2.45) is 10.7 Å². The predicted molar refractivity (Wildman–Crippen MR) is 204 cm³/mol. The first-order valence-corrected chi connectivity index (χ1v) is 18.0. The molecule has 0 unspecified atom stereocenters. The largest absolute Gasteiger partial charge is 0.507 e. The zero-order valence-corrected chi connectivity index (χ0v) is 30.8. The van der Waals surface area contributed by atoms with Crippen LogP contribution in [0, 0.1) is 6.92 Å². The second-order valence-electron chi connectivity index (χ2n) is 13.4. The Morgan fingerprint density at radius 2 is 1.89 bits per heavy atom. The van der Waals surface area contributed by atoms with Crippen LogP contribution in [-0.2, 0) is 14.3 Å². The third kappa shape index (κ3) is 7.30. The smallest absolute Gasteiger partial charge is 0.423 e. The lowest BCUT2D eigenvalue weighted by Gasteiger charge is -2.23. The number of hydroxylamine groups is 1. The van der Waals surface area contributed by atoms with E-state index < -0.39 is 43.4 Å². The van der Waals surface area contributed by atoms with Crippen LogP contribution in [0.1, 0.15) is 39.4 Å². The first kappa shape index (κ1) is 38.4. The minimum Gasteiger partial charge on any atom is -0.507 e. The summed E-state index contributed by atoms with van der Waals surface area (Å²) in [6, 6.07) is 16.2. The van der Waals surface area contributed by atoms with E-state index in [1.807, 2.05) is 30.4 Å². The summed E-state index contributed by atoms with van der Waals surface area (Å²) in [6.45, 7) is 1.07. The van der Waals surface area contributed by atoms with Gasteiger partial charge in [0.05, 0.1) is 43.2 Å². The minimum atomic E-state index is -5.05. The maximum absolute atomic E-state index is 14.0. The van der Waals surface area contributed by atoms with Crippen LogP contribution in [0.4, 0.5) is 30.2 Å². The maximum atomic E-state index is 14.0. The Bertz CT molecular complexity index is 2280. The van der Waals surface area contributed by atoms with Crippen molar-refractivity contribution >= 4 is 68.9 Å². The van der Waals surface area contributed by atoms with Crippen molar-refractivity contribution in [2.45, 2.75) is 37.6 Å². The number of nitrogens with one attached hydrogen (secondary N) is 2. The van der Waals surface area contributed by atoms with E-state index in [0.29, 0.717) is 41.5 Å². The number of halogens is 4. The second-order valence-corrected chi connectivity index (χ2v) is 13.7. The van der Waals surface area contributed by atoms with Gasteiger partial charge in [-0.05, 0) is 52.8 Å². The van der Waals surface area contributed by atoms with Crippen molar-refractivity contribution in [3.8, 4) is 17.2 Å². The first-order chi connectivity index (χ1) is 26.8. The lowest BCUT2D eigenvalue weighted by atomic mass is 9.92. The zero-order valence-electron chi connectivity index (χ0n) is 30.0. The monoisotopic (exact) mass is 792 g/mol. The molecule has 56 heavy (non-hydrogen) atoms. The summed E-state index contributed by atoms with van der Waals surface area (Å²) >= 11 is 6.45. The summed E-state index contributed by atoms with van der Waals surface area (Å²) < 4.78 is 50.9. The Hall–Kier alpha value is -5.84. The highest BCUT2D eigenvalue weighted by atomic mass is 35.5. The number of aliphatic imine (C=N–C) groups is 1. The Morgan fingerprint density at radius 1 is 1.12 bits per heavy atom. The molecule has 0 aliphatic carbocycles. The van der Waals surface area contributed by atoms with Crippen molar-refractivity contribution < 1.29 is 47.0 Å². The summed E-state index contributed by atoms with van der Waals surface area (Å²) in [5.74, 6) is -1.63. The van der Waals surface area contributed by atoms with Gasteiger partial charge >= 0.3 is 6.18 Å². The fourth-order valence-corrected chi connectivity index (χ4v) is 7.35. The molecule has 3 atom stereocenters. The summed E-state index contributed by atoms with van der Waals surface area (Å²) in [4.78, 5) is 50.3. The van der Waals surface area contributed by atoms with E-state index in [4.69, 9.17) is 26.9 Å². The number of hydrogen-bond acceptors (Lipinski definition) is 10. The SMILES string of the molecule is COc1cc2c(cc1ON1C[C@@H](CCl)c3c1cc(O)c1cccc(C)c31)N=C[C@@H]1CC(c3ccc(NC(=O)[C@H](OCNC(=O)CN)C(F)(F)F)cc3)=CN1C2=O. The molecule has 7 rings (SSSR count). The van der Waals surface area contributed by atoms with Crippen LogP contribution < -0.4 is 31.0 Å². The van der Waals surface area contributed by atoms with Crippen LogP contribution in [0.3, 0.4) is 0 Å². The number of carbonyl (C=O) groups is 3. The van der Waals surface area contributed by atoms with Crippen LogP contribution in [0.5, 0.6) is 17.2 Å². The molecule has 0 saturated carbocycles. The van der Waals surface area contributed by atoms with Crippen LogP contribution in [0.25, 0.3) is 16.3 Å². The van der Waals surface area contributed by atoms with Gasteiger partial charge in [-0.2, -0.15) is 13.2 Å². The Morgan fingerprint density at radius 3 is 2.59 bits per heavy atom. The number of anilines is 2. The number of carbonyl (C=O) groups excluding carboxylic acids is 3. The summed E-state index contributed by atoms with van der Waals surface area (Å²) in [7, 11) is 1.46. The molecule has 17 heteroatoms. The van der Waals surface area contributed by atoms with Gasteiger partial charge in [0, 0.05) is 53.8 Å². The van der Waals surface area contributed by atoms with Gasteiger partial charge in [0.2, 0.25) is 12.0 Å². The molecular weight excluding hydrogens is 757 g/mol. The molecule has 4 aromatic rings. The molecule has 292 valence electrons. The van der Waals surface area contributed by atoms with E-state index in [-0.39, 0.29) is 34.6 Å². The van der Waals surface area contributed by atoms with E-state index in [9.17, 15) is 32.7 Å². The summed E-state index contributed by atoms with van der Waals surface area (Å²) in [5, 5.41) is 18.5. The number of hydrogen-bond donors (Lipinski definition) is 4. The number of benzene rings is 4. The van der Waals surface area contributed by atoms with Crippen LogP contribution in [0.2, 0.25) is 0 Å². The second kappa shape index (κ2) is 15.4. The molecule has 3 amide bonds. The van der Waals surface area contributed by atoms with Crippen molar-refractivity contribution in [2.75, 3.05) is 43.2 Å². The molecule has 3 heterocycles. The van der Waals surface area contributed by atoms with Gasteiger partial charge in [0.15, 0.2) is 11.5 Å². The van der Waals surface area contributed by atoms with Gasteiger partial charge in [0.25, 0.3) is 11.8 Å². The van der Waals surface area contributed by atoms with Crippen molar-refractivity contribution in [1.82, 2.24) is 10.2 Å². The fraction of sp³-hybridized carbons (Fsp3) is 0.282. The van der Waals surface area contributed by atoms with E-state index in [2.05, 4.69) is 15.0 Å². The third-order valence-electron chi connectivity index (χ3n) is 9.80. The summed E-state index contributed by atoms with van der Waals surface area (Å²) in [6.07, 6.45) is -4.16. The molecule has 0 bridgehead atoms. The molecule has 0 saturated heterocycles. The molecular formula is C39H36ClF3N6O7. The molecule has 4 aromatic carbocycles. The first-order valence-electron chi connectivity index (χ1n) is 17.4. The average Bonchev–Trinajstić information content (AvgIpc) is 3.73. The lowest BCUT2D eigenvalue weighted by Crippen LogP contribution is -2.45. The number of rotatable bonds is 11. The van der Waals surface area contributed by atoms with Gasteiger partial charge in [-0.1, -0.05) is 30.3 Å². The topological polar surface area (TPSA) is 168 Å². The standard InChI is InChI=1S/C39H36ClF3N6O7/c1-20-4-3-5-26-30(50)13-29-35(34(20)26)23(14-40)18-49(29)56-32-12-28-27(11-31(32)54-2)38(53)48-17-22(10-25(48)16-45-28)21-6-8-24(9-7-21)47-37(52)36(39(41,42)43)55-19-46-33(51)15-44/h3-9,11-13,16-17,23,25,36,50H,10,14-15,18-19,44H2,1-2H3,(H,46,51)(H,47,52)/t23-,25+,36+/m1/s1. The molecule has 3 aliphatic rings. The normalized spacial score (nSPS) is 17.8. The lowest BCUT2D eigenvalue weighted by molar-refractivity contribution is -0.217. The number of phenolic OH excluding ortho intramolecular Hbond substituents is 1. The highest BCUT2D eigenvalue weighted by Crippen LogP contribution is 2.48. The number of amides is 3. The number of aromatic hydroxyl groups is 1. The van der Waals surface area contributed by atoms with E-state index in [1.54, 1.807) is 52.7 Å². The quantitative estimate of drug-likeness (QED) is 0.107. The Kier molecular flexibility index (Phi) is 10.5. The van der Waals surface area contributed by atoms with E-state index in [0.717, 1.165) is 27.5 Å².